The zero-order valence-electron chi connectivity index (χ0n) is 14.1. The molecule has 0 spiro atoms. The van der Waals surface area contributed by atoms with Crippen molar-refractivity contribution < 1.29 is 9.47 Å². The maximum Gasteiger partial charge on any atom is 0.160 e. The third-order valence-corrected chi connectivity index (χ3v) is 6.10. The third-order valence-electron chi connectivity index (χ3n) is 6.10. The summed E-state index contributed by atoms with van der Waals surface area (Å²) in [4.78, 5) is 0. The highest BCUT2D eigenvalue weighted by atomic mass is 16.5. The van der Waals surface area contributed by atoms with Gasteiger partial charge >= 0.3 is 0 Å². The number of hydrogen-bond acceptors (Lipinski definition) is 2. The van der Waals surface area contributed by atoms with Crippen LogP contribution < -0.4 is 4.74 Å². The number of para-hydroxylation sites is 1. The summed E-state index contributed by atoms with van der Waals surface area (Å²) in [6.07, 6.45) is 16.1. The molecule has 0 saturated heterocycles. The molecule has 0 radical (unpaired) electrons. The van der Waals surface area contributed by atoms with E-state index in [0.717, 1.165) is 23.5 Å². The molecule has 1 aromatic carbocycles. The summed E-state index contributed by atoms with van der Waals surface area (Å²) < 4.78 is 11.0. The number of ether oxygens (including phenoxy) is 2. The topological polar surface area (TPSA) is 18.5 Å². The van der Waals surface area contributed by atoms with Gasteiger partial charge in [-0.2, -0.15) is 0 Å². The first kappa shape index (κ1) is 15.5. The molecule has 0 unspecified atom stereocenters. The van der Waals surface area contributed by atoms with Gasteiger partial charge in [0.05, 0.1) is 0 Å². The van der Waals surface area contributed by atoms with E-state index >= 15 is 0 Å². The molecule has 0 heterocycles. The van der Waals surface area contributed by atoms with E-state index in [1.165, 1.54) is 44.1 Å². The van der Waals surface area contributed by atoms with Crippen LogP contribution in [0.15, 0.2) is 24.3 Å². The molecule has 4 saturated carbocycles. The Morgan fingerprint density at radius 3 is 2.33 bits per heavy atom. The smallest absolute Gasteiger partial charge is 0.160 e. The van der Waals surface area contributed by atoms with Crippen molar-refractivity contribution in [1.82, 2.24) is 0 Å². The zero-order valence-corrected chi connectivity index (χ0v) is 14.1. The summed E-state index contributed by atoms with van der Waals surface area (Å²) in [5.74, 6) is 9.07. The quantitative estimate of drug-likeness (QED) is 0.613. The van der Waals surface area contributed by atoms with Crippen LogP contribution in [0.2, 0.25) is 0 Å². The van der Waals surface area contributed by atoms with E-state index in [0.29, 0.717) is 12.0 Å². The van der Waals surface area contributed by atoms with Crippen LogP contribution in [0.1, 0.15) is 44.1 Å². The van der Waals surface area contributed by atoms with Crippen molar-refractivity contribution in [2.24, 2.45) is 17.8 Å². The molecule has 0 aromatic heterocycles. The molecule has 0 atom stereocenters. The van der Waals surface area contributed by atoms with Crippen molar-refractivity contribution in [1.29, 1.82) is 0 Å². The van der Waals surface area contributed by atoms with Crippen molar-refractivity contribution in [2.75, 3.05) is 13.2 Å². The van der Waals surface area contributed by atoms with Crippen LogP contribution in [0.4, 0.5) is 0 Å². The van der Waals surface area contributed by atoms with E-state index in [9.17, 15) is 0 Å². The molecule has 24 heavy (non-hydrogen) atoms. The Hall–Kier alpha value is -2.06. The number of terminal acetylenes is 1. The van der Waals surface area contributed by atoms with Crippen molar-refractivity contribution in [3.8, 4) is 30.1 Å². The molecule has 2 nitrogen and oxygen atoms in total. The summed E-state index contributed by atoms with van der Waals surface area (Å²) in [6, 6.07) is 8.59. The number of hydrogen-bond donors (Lipinski definition) is 0. The molecule has 0 aliphatic heterocycles. The molecule has 4 bridgehead atoms. The first-order valence-corrected chi connectivity index (χ1v) is 9.04. The lowest BCUT2D eigenvalue weighted by molar-refractivity contribution is -0.00626. The van der Waals surface area contributed by atoms with Gasteiger partial charge in [-0.1, -0.05) is 24.1 Å². The first-order valence-electron chi connectivity index (χ1n) is 9.04. The third kappa shape index (κ3) is 2.87. The van der Waals surface area contributed by atoms with Crippen LogP contribution in [-0.2, 0) is 10.2 Å². The molecule has 1 aromatic rings. The van der Waals surface area contributed by atoms with Crippen molar-refractivity contribution in [2.45, 2.75) is 43.9 Å². The Morgan fingerprint density at radius 1 is 1.00 bits per heavy atom. The van der Waals surface area contributed by atoms with Crippen LogP contribution in [0.3, 0.4) is 0 Å². The molecule has 5 rings (SSSR count). The molecule has 4 aliphatic rings. The van der Waals surface area contributed by atoms with Gasteiger partial charge in [0.25, 0.3) is 0 Å². The molecule has 124 valence electrons. The highest BCUT2D eigenvalue weighted by Gasteiger charge is 2.52. The maximum atomic E-state index is 6.00. The van der Waals surface area contributed by atoms with Crippen molar-refractivity contribution in [3.63, 3.8) is 0 Å². The zero-order chi connectivity index (χ0) is 16.4. The van der Waals surface area contributed by atoms with E-state index in [4.69, 9.17) is 15.9 Å². The minimum Gasteiger partial charge on any atom is -0.481 e. The standard InChI is InChI=1S/C22H24O2/c1-2-8-23-9-5-10-24-21-7-4-3-6-20(21)22-14-17-11-18(15-22)13-19(12-17)16-22/h1,3-4,6-7,17-19H,8,10-16H2. The van der Waals surface area contributed by atoms with Crippen LogP contribution in [-0.4, -0.2) is 13.2 Å². The number of rotatable bonds is 4. The average Bonchev–Trinajstić information content (AvgIpc) is 2.57. The van der Waals surface area contributed by atoms with E-state index in [-0.39, 0.29) is 6.61 Å². The normalized spacial score (nSPS) is 32.5. The van der Waals surface area contributed by atoms with Gasteiger partial charge in [-0.3, -0.25) is 0 Å². The van der Waals surface area contributed by atoms with Crippen molar-refractivity contribution >= 4 is 0 Å². The minimum atomic E-state index is 0.219. The predicted molar refractivity (Wildman–Crippen MR) is 94.3 cm³/mol. The fourth-order valence-corrected chi connectivity index (χ4v) is 5.74. The molecule has 4 aliphatic carbocycles. The summed E-state index contributed by atoms with van der Waals surface area (Å²) in [5.41, 5.74) is 1.76. The van der Waals surface area contributed by atoms with E-state index in [2.05, 4.69) is 42.2 Å². The summed E-state index contributed by atoms with van der Waals surface area (Å²) in [7, 11) is 0. The highest BCUT2D eigenvalue weighted by molar-refractivity contribution is 5.41. The molecular weight excluding hydrogens is 296 g/mol. The highest BCUT2D eigenvalue weighted by Crippen LogP contribution is 2.61. The molecule has 0 N–H and O–H groups in total. The van der Waals surface area contributed by atoms with Gasteiger partial charge in [-0.05, 0) is 73.7 Å². The van der Waals surface area contributed by atoms with Gasteiger partial charge in [0, 0.05) is 5.56 Å². The second kappa shape index (κ2) is 6.45. The lowest BCUT2D eigenvalue weighted by atomic mass is 9.48. The van der Waals surface area contributed by atoms with Gasteiger partial charge in [-0.15, -0.1) is 6.42 Å². The largest absolute Gasteiger partial charge is 0.481 e. The average molecular weight is 320 g/mol. The predicted octanol–water partition coefficient (Wildman–Crippen LogP) is 4.14. The summed E-state index contributed by atoms with van der Waals surface area (Å²) in [5, 5.41) is 0. The monoisotopic (exact) mass is 320 g/mol. The lowest BCUT2D eigenvalue weighted by Gasteiger charge is -2.57. The van der Waals surface area contributed by atoms with Crippen LogP contribution in [0, 0.1) is 42.1 Å². The fourth-order valence-electron chi connectivity index (χ4n) is 5.74. The van der Waals surface area contributed by atoms with Gasteiger partial charge in [0.2, 0.25) is 0 Å². The van der Waals surface area contributed by atoms with Gasteiger partial charge in [0.15, 0.2) is 13.2 Å². The van der Waals surface area contributed by atoms with Gasteiger partial charge < -0.3 is 9.47 Å². The molecule has 2 heteroatoms. The van der Waals surface area contributed by atoms with Gasteiger partial charge in [-0.25, -0.2) is 0 Å². The van der Waals surface area contributed by atoms with Crippen LogP contribution >= 0.6 is 0 Å². The van der Waals surface area contributed by atoms with Crippen LogP contribution in [0.5, 0.6) is 5.75 Å². The van der Waals surface area contributed by atoms with Crippen molar-refractivity contribution in [3.05, 3.63) is 29.8 Å². The summed E-state index contributed by atoms with van der Waals surface area (Å²) >= 11 is 0. The molecule has 0 amide bonds. The lowest BCUT2D eigenvalue weighted by Crippen LogP contribution is -2.48. The van der Waals surface area contributed by atoms with E-state index < -0.39 is 0 Å². The SMILES string of the molecule is C#CCOC#CCOc1ccccc1C12CC3CC(CC(C3)C1)C2. The second-order valence-corrected chi connectivity index (χ2v) is 7.75. The Morgan fingerprint density at radius 2 is 1.67 bits per heavy atom. The molecular formula is C22H24O2. The Balaban J connectivity index is 1.52. The van der Waals surface area contributed by atoms with E-state index in [1.807, 2.05) is 0 Å². The Labute approximate surface area is 144 Å². The first-order chi connectivity index (χ1) is 11.8. The maximum absolute atomic E-state index is 6.00. The second-order valence-electron chi connectivity index (χ2n) is 7.75. The molecule has 4 fully saturated rings. The van der Waals surface area contributed by atoms with Crippen LogP contribution in [0.25, 0.3) is 0 Å². The van der Waals surface area contributed by atoms with Gasteiger partial charge in [0.1, 0.15) is 11.9 Å². The minimum absolute atomic E-state index is 0.219. The number of benzene rings is 1. The Bertz CT molecular complexity index is 665. The van der Waals surface area contributed by atoms with E-state index in [1.54, 1.807) is 0 Å². The fraction of sp³-hybridized carbons (Fsp3) is 0.545. The summed E-state index contributed by atoms with van der Waals surface area (Å²) in [6.45, 7) is 0.560. The Kier molecular flexibility index (Phi) is 4.15.